The lowest BCUT2D eigenvalue weighted by atomic mass is 10.0. The van der Waals surface area contributed by atoms with Gasteiger partial charge in [-0.05, 0) is 50.3 Å². The molecule has 1 aliphatic carbocycles. The van der Waals surface area contributed by atoms with Crippen LogP contribution in [0.25, 0.3) is 0 Å². The number of aryl methyl sites for hydroxylation is 1. The number of amides is 1. The Balaban J connectivity index is 2.28. The summed E-state index contributed by atoms with van der Waals surface area (Å²) >= 11 is 0. The van der Waals surface area contributed by atoms with Crippen LogP contribution in [0.5, 0.6) is 0 Å². The lowest BCUT2D eigenvalue weighted by Crippen LogP contribution is -2.19. The predicted octanol–water partition coefficient (Wildman–Crippen LogP) is 2.94. The topological polar surface area (TPSA) is 55.4 Å². The molecule has 4 nitrogen and oxygen atoms in total. The fourth-order valence-corrected chi connectivity index (χ4v) is 2.28. The molecule has 0 heterocycles. The molecule has 0 unspecified atom stereocenters. The van der Waals surface area contributed by atoms with E-state index in [2.05, 4.69) is 5.32 Å². The predicted molar refractivity (Wildman–Crippen MR) is 69.1 cm³/mol. The minimum absolute atomic E-state index is 0.179. The van der Waals surface area contributed by atoms with Crippen LogP contribution in [0.15, 0.2) is 12.1 Å². The van der Waals surface area contributed by atoms with E-state index < -0.39 is 6.09 Å². The van der Waals surface area contributed by atoms with E-state index in [1.165, 1.54) is 5.56 Å². The van der Waals surface area contributed by atoms with Crippen molar-refractivity contribution in [1.29, 1.82) is 0 Å². The van der Waals surface area contributed by atoms with E-state index in [1.54, 1.807) is 19.9 Å². The van der Waals surface area contributed by atoms with E-state index in [0.29, 0.717) is 11.3 Å². The van der Waals surface area contributed by atoms with Crippen molar-refractivity contribution in [2.45, 2.75) is 39.2 Å². The highest BCUT2D eigenvalue weighted by atomic mass is 16.6. The number of anilines is 1. The van der Waals surface area contributed by atoms with Gasteiger partial charge in [-0.25, -0.2) is 4.79 Å². The Morgan fingerprint density at radius 3 is 2.83 bits per heavy atom. The maximum Gasteiger partial charge on any atom is 0.411 e. The summed E-state index contributed by atoms with van der Waals surface area (Å²) in [7, 11) is 0. The Bertz CT molecular complexity index is 480. The summed E-state index contributed by atoms with van der Waals surface area (Å²) < 4.78 is 5.05. The smallest absolute Gasteiger partial charge is 0.411 e. The van der Waals surface area contributed by atoms with Crippen LogP contribution in [0.4, 0.5) is 10.5 Å². The summed E-state index contributed by atoms with van der Waals surface area (Å²) in [5, 5.41) is 2.70. The van der Waals surface area contributed by atoms with Crippen LogP contribution in [0.2, 0.25) is 0 Å². The molecule has 0 aliphatic heterocycles. The van der Waals surface area contributed by atoms with Crippen LogP contribution in [0, 0.1) is 0 Å². The van der Waals surface area contributed by atoms with Crippen LogP contribution >= 0.6 is 0 Å². The third-order valence-corrected chi connectivity index (χ3v) is 3.01. The summed E-state index contributed by atoms with van der Waals surface area (Å²) in [6.45, 7) is 3.57. The molecule has 0 aromatic heterocycles. The molecule has 0 saturated carbocycles. The fourth-order valence-electron chi connectivity index (χ4n) is 2.28. The lowest BCUT2D eigenvalue weighted by Gasteiger charge is -2.14. The Morgan fingerprint density at radius 1 is 1.39 bits per heavy atom. The molecule has 96 valence electrons. The summed E-state index contributed by atoms with van der Waals surface area (Å²) in [5.41, 5.74) is 3.41. The zero-order valence-electron chi connectivity index (χ0n) is 10.7. The van der Waals surface area contributed by atoms with Crippen LogP contribution in [-0.4, -0.2) is 18.5 Å². The zero-order valence-corrected chi connectivity index (χ0v) is 10.7. The van der Waals surface area contributed by atoms with Gasteiger partial charge in [-0.3, -0.25) is 10.1 Å². The van der Waals surface area contributed by atoms with Crippen LogP contribution < -0.4 is 5.32 Å². The maximum atomic E-state index is 11.6. The van der Waals surface area contributed by atoms with Crippen molar-refractivity contribution >= 4 is 18.1 Å². The van der Waals surface area contributed by atoms with E-state index in [0.717, 1.165) is 31.1 Å². The highest BCUT2D eigenvalue weighted by Gasteiger charge is 2.19. The maximum absolute atomic E-state index is 11.6. The van der Waals surface area contributed by atoms with Gasteiger partial charge in [-0.15, -0.1) is 0 Å². The number of nitrogens with one attached hydrogen (secondary N) is 1. The van der Waals surface area contributed by atoms with E-state index in [4.69, 9.17) is 4.74 Å². The first-order chi connectivity index (χ1) is 8.61. The van der Waals surface area contributed by atoms with Crippen molar-refractivity contribution in [3.63, 3.8) is 0 Å². The number of aldehydes is 1. The largest absolute Gasteiger partial charge is 0.447 e. The minimum atomic E-state index is -0.506. The first kappa shape index (κ1) is 12.6. The second-order valence-corrected chi connectivity index (χ2v) is 4.72. The van der Waals surface area contributed by atoms with E-state index in [9.17, 15) is 9.59 Å². The molecule has 1 aromatic carbocycles. The van der Waals surface area contributed by atoms with E-state index in [-0.39, 0.29) is 6.10 Å². The van der Waals surface area contributed by atoms with Gasteiger partial charge in [0.15, 0.2) is 6.29 Å². The van der Waals surface area contributed by atoms with Crippen molar-refractivity contribution in [2.75, 3.05) is 5.32 Å². The van der Waals surface area contributed by atoms with Gasteiger partial charge >= 0.3 is 6.09 Å². The van der Waals surface area contributed by atoms with Crippen molar-refractivity contribution in [3.05, 3.63) is 28.8 Å². The zero-order chi connectivity index (χ0) is 13.1. The molecule has 18 heavy (non-hydrogen) atoms. The monoisotopic (exact) mass is 247 g/mol. The molecule has 1 N–H and O–H groups in total. The lowest BCUT2D eigenvalue weighted by molar-refractivity contribution is 0.112. The Morgan fingerprint density at radius 2 is 2.17 bits per heavy atom. The molecule has 0 spiro atoms. The average Bonchev–Trinajstić information content (AvgIpc) is 2.76. The van der Waals surface area contributed by atoms with Crippen LogP contribution in [-0.2, 0) is 17.6 Å². The second-order valence-electron chi connectivity index (χ2n) is 4.72. The van der Waals surface area contributed by atoms with E-state index in [1.807, 2.05) is 6.07 Å². The molecule has 0 saturated heterocycles. The third-order valence-electron chi connectivity index (χ3n) is 3.01. The number of hydrogen-bond donors (Lipinski definition) is 1. The molecule has 0 bridgehead atoms. The normalized spacial score (nSPS) is 13.3. The first-order valence-corrected chi connectivity index (χ1v) is 6.19. The molecule has 1 aliphatic rings. The molecule has 0 radical (unpaired) electrons. The summed E-state index contributed by atoms with van der Waals surface area (Å²) in [5.74, 6) is 0. The molecule has 1 amide bonds. The van der Waals surface area contributed by atoms with Crippen molar-refractivity contribution < 1.29 is 14.3 Å². The van der Waals surface area contributed by atoms with Gasteiger partial charge in [0.05, 0.1) is 11.8 Å². The molecule has 2 rings (SSSR count). The molecular weight excluding hydrogens is 230 g/mol. The first-order valence-electron chi connectivity index (χ1n) is 6.19. The van der Waals surface area contributed by atoms with Crippen LogP contribution in [0.1, 0.15) is 41.8 Å². The SMILES string of the molecule is CC(C)OC(=O)Nc1c(C=O)ccc2c1CCC2. The standard InChI is InChI=1S/C14H17NO3/c1-9(2)18-14(17)15-13-11(8-16)7-6-10-4-3-5-12(10)13/h6-9H,3-5H2,1-2H3,(H,15,17). The highest BCUT2D eigenvalue weighted by molar-refractivity contribution is 5.95. The minimum Gasteiger partial charge on any atom is -0.447 e. The molecule has 4 heteroatoms. The van der Waals surface area contributed by atoms with Crippen LogP contribution in [0.3, 0.4) is 0 Å². The Kier molecular flexibility index (Phi) is 3.65. The number of rotatable bonds is 3. The molecule has 0 atom stereocenters. The van der Waals surface area contributed by atoms with Gasteiger partial charge in [0.25, 0.3) is 0 Å². The van der Waals surface area contributed by atoms with Gasteiger partial charge < -0.3 is 4.74 Å². The van der Waals surface area contributed by atoms with Gasteiger partial charge in [-0.1, -0.05) is 6.07 Å². The van der Waals surface area contributed by atoms with Crippen molar-refractivity contribution in [1.82, 2.24) is 0 Å². The van der Waals surface area contributed by atoms with Gasteiger partial charge in [-0.2, -0.15) is 0 Å². The molecule has 0 fully saturated rings. The molecular formula is C14H17NO3. The number of ether oxygens (including phenoxy) is 1. The summed E-state index contributed by atoms with van der Waals surface area (Å²) in [4.78, 5) is 22.7. The number of carbonyl (C=O) groups excluding carboxylic acids is 2. The number of hydrogen-bond acceptors (Lipinski definition) is 3. The number of carbonyl (C=O) groups is 2. The Labute approximate surface area is 106 Å². The second kappa shape index (κ2) is 5.21. The average molecular weight is 247 g/mol. The van der Waals surface area contributed by atoms with Gasteiger partial charge in [0, 0.05) is 5.56 Å². The Hall–Kier alpha value is -1.84. The highest BCUT2D eigenvalue weighted by Crippen LogP contribution is 2.31. The summed E-state index contributed by atoms with van der Waals surface area (Å²) in [6.07, 6.45) is 3.04. The van der Waals surface area contributed by atoms with Crippen molar-refractivity contribution in [3.8, 4) is 0 Å². The fraction of sp³-hybridized carbons (Fsp3) is 0.429. The molecule has 1 aromatic rings. The van der Waals surface area contributed by atoms with E-state index >= 15 is 0 Å². The number of benzene rings is 1. The third kappa shape index (κ3) is 2.53. The van der Waals surface area contributed by atoms with Gasteiger partial charge in [0.1, 0.15) is 0 Å². The van der Waals surface area contributed by atoms with Gasteiger partial charge in [0.2, 0.25) is 0 Å². The number of fused-ring (bicyclic) bond motifs is 1. The summed E-state index contributed by atoms with van der Waals surface area (Å²) in [6, 6.07) is 3.72. The van der Waals surface area contributed by atoms with Crippen molar-refractivity contribution in [2.24, 2.45) is 0 Å². The quantitative estimate of drug-likeness (QED) is 0.835.